The van der Waals surface area contributed by atoms with Gasteiger partial charge in [0, 0.05) is 36.1 Å². The Balaban J connectivity index is 1.39. The van der Waals surface area contributed by atoms with Crippen LogP contribution in [0.3, 0.4) is 0 Å². The third-order valence-electron chi connectivity index (χ3n) is 5.71. The van der Waals surface area contributed by atoms with E-state index in [4.69, 9.17) is 0 Å². The zero-order valence-electron chi connectivity index (χ0n) is 16.9. The van der Waals surface area contributed by atoms with Crippen LogP contribution in [0.2, 0.25) is 0 Å². The Morgan fingerprint density at radius 3 is 2.81 bits per heavy atom. The lowest BCUT2D eigenvalue weighted by Crippen LogP contribution is -2.31. The standard InChI is InChI=1S/C23H23FN6O/c24-18-12-17(30-11-1-8-27-30)3-5-19(18)29-22-13-21-16(14-26-22)2-4-20(28-21)23(31)15-6-9-25-10-7-15/h1-5,8,11-15,23,25,31H,6-7,9-10H2,(H,26,29). The number of fused-ring (bicyclic) bond motifs is 1. The van der Waals surface area contributed by atoms with Crippen molar-refractivity contribution in [2.24, 2.45) is 5.92 Å². The average molecular weight is 418 g/mol. The van der Waals surface area contributed by atoms with Crippen molar-refractivity contribution < 1.29 is 9.50 Å². The number of benzene rings is 1. The summed E-state index contributed by atoms with van der Waals surface area (Å²) < 4.78 is 16.2. The molecule has 7 nitrogen and oxygen atoms in total. The lowest BCUT2D eigenvalue weighted by molar-refractivity contribution is 0.0855. The number of aromatic nitrogens is 4. The number of pyridine rings is 2. The first-order chi connectivity index (χ1) is 15.2. The van der Waals surface area contributed by atoms with E-state index in [1.54, 1.807) is 47.5 Å². The molecule has 0 spiro atoms. The van der Waals surface area contributed by atoms with Gasteiger partial charge in [0.2, 0.25) is 0 Å². The average Bonchev–Trinajstić information content (AvgIpc) is 3.35. The highest BCUT2D eigenvalue weighted by atomic mass is 19.1. The minimum Gasteiger partial charge on any atom is -0.387 e. The second-order valence-electron chi connectivity index (χ2n) is 7.77. The molecule has 1 saturated heterocycles. The summed E-state index contributed by atoms with van der Waals surface area (Å²) in [5, 5.41) is 22.1. The van der Waals surface area contributed by atoms with Crippen molar-refractivity contribution in [3.63, 3.8) is 0 Å². The van der Waals surface area contributed by atoms with Crippen molar-refractivity contribution in [2.45, 2.75) is 18.9 Å². The van der Waals surface area contributed by atoms with Crippen LogP contribution >= 0.6 is 0 Å². The van der Waals surface area contributed by atoms with Gasteiger partial charge in [-0.15, -0.1) is 0 Å². The predicted molar refractivity (Wildman–Crippen MR) is 117 cm³/mol. The van der Waals surface area contributed by atoms with E-state index in [2.05, 4.69) is 25.7 Å². The van der Waals surface area contributed by atoms with Crippen LogP contribution in [-0.4, -0.2) is 37.9 Å². The van der Waals surface area contributed by atoms with Gasteiger partial charge in [-0.25, -0.2) is 19.0 Å². The van der Waals surface area contributed by atoms with Crippen molar-refractivity contribution in [2.75, 3.05) is 18.4 Å². The monoisotopic (exact) mass is 418 g/mol. The van der Waals surface area contributed by atoms with Crippen LogP contribution < -0.4 is 10.6 Å². The van der Waals surface area contributed by atoms with Crippen LogP contribution in [0.15, 0.2) is 61.1 Å². The van der Waals surface area contributed by atoms with E-state index in [9.17, 15) is 9.50 Å². The van der Waals surface area contributed by atoms with Gasteiger partial charge in [-0.05, 0) is 62.2 Å². The van der Waals surface area contributed by atoms with Gasteiger partial charge in [0.1, 0.15) is 11.6 Å². The van der Waals surface area contributed by atoms with Crippen molar-refractivity contribution >= 4 is 22.4 Å². The van der Waals surface area contributed by atoms with E-state index in [1.807, 2.05) is 12.1 Å². The van der Waals surface area contributed by atoms with Gasteiger partial charge in [0.05, 0.1) is 28.7 Å². The Morgan fingerprint density at radius 1 is 1.16 bits per heavy atom. The number of aliphatic hydroxyl groups excluding tert-OH is 1. The first-order valence-corrected chi connectivity index (χ1v) is 10.4. The highest BCUT2D eigenvalue weighted by Gasteiger charge is 2.24. The minimum absolute atomic E-state index is 0.202. The summed E-state index contributed by atoms with van der Waals surface area (Å²) in [6.07, 6.45) is 6.36. The maximum atomic E-state index is 14.6. The number of piperidine rings is 1. The van der Waals surface area contributed by atoms with Crippen LogP contribution in [0, 0.1) is 11.7 Å². The molecule has 1 aromatic carbocycles. The van der Waals surface area contributed by atoms with E-state index in [0.717, 1.165) is 31.3 Å². The molecule has 3 N–H and O–H groups in total. The fourth-order valence-electron chi connectivity index (χ4n) is 3.97. The largest absolute Gasteiger partial charge is 0.387 e. The van der Waals surface area contributed by atoms with E-state index < -0.39 is 11.9 Å². The molecule has 0 aliphatic carbocycles. The van der Waals surface area contributed by atoms with Crippen LogP contribution in [0.1, 0.15) is 24.6 Å². The predicted octanol–water partition coefficient (Wildman–Crippen LogP) is 3.73. The smallest absolute Gasteiger partial charge is 0.148 e. The molecule has 0 radical (unpaired) electrons. The van der Waals surface area contributed by atoms with E-state index in [1.165, 1.54) is 6.07 Å². The summed E-state index contributed by atoms with van der Waals surface area (Å²) in [7, 11) is 0. The lowest BCUT2D eigenvalue weighted by atomic mass is 9.90. The molecule has 0 bridgehead atoms. The quantitative estimate of drug-likeness (QED) is 0.458. The topological polar surface area (TPSA) is 87.9 Å². The second kappa shape index (κ2) is 8.41. The Kier molecular flexibility index (Phi) is 5.31. The SMILES string of the molecule is OC(c1ccc2cnc(Nc3ccc(-n4cccn4)cc3F)cc2n1)C1CCNCC1. The zero-order chi connectivity index (χ0) is 21.2. The molecule has 1 atom stereocenters. The molecule has 1 fully saturated rings. The summed E-state index contributed by atoms with van der Waals surface area (Å²) in [5.74, 6) is 0.283. The van der Waals surface area contributed by atoms with E-state index in [0.29, 0.717) is 28.4 Å². The van der Waals surface area contributed by atoms with Gasteiger partial charge in [0.15, 0.2) is 0 Å². The lowest BCUT2D eigenvalue weighted by Gasteiger charge is -2.27. The molecule has 0 saturated carbocycles. The van der Waals surface area contributed by atoms with Crippen LogP contribution in [0.4, 0.5) is 15.9 Å². The first kappa shape index (κ1) is 19.6. The summed E-state index contributed by atoms with van der Waals surface area (Å²) in [4.78, 5) is 9.04. The fraction of sp³-hybridized carbons (Fsp3) is 0.261. The van der Waals surface area contributed by atoms with Crippen molar-refractivity contribution in [1.29, 1.82) is 0 Å². The molecular weight excluding hydrogens is 395 g/mol. The normalized spacial score (nSPS) is 15.8. The minimum atomic E-state index is -0.594. The molecule has 3 aromatic heterocycles. The fourth-order valence-corrected chi connectivity index (χ4v) is 3.97. The molecular formula is C23H23FN6O. The molecule has 4 heterocycles. The third-order valence-corrected chi connectivity index (χ3v) is 5.71. The van der Waals surface area contributed by atoms with Crippen molar-refractivity contribution in [1.82, 2.24) is 25.1 Å². The molecule has 31 heavy (non-hydrogen) atoms. The summed E-state index contributed by atoms with van der Waals surface area (Å²) in [5.41, 5.74) is 2.31. The number of anilines is 2. The summed E-state index contributed by atoms with van der Waals surface area (Å²) in [6, 6.07) is 12.2. The van der Waals surface area contributed by atoms with Gasteiger partial charge in [0.25, 0.3) is 0 Å². The molecule has 5 rings (SSSR count). The summed E-state index contributed by atoms with van der Waals surface area (Å²) >= 11 is 0. The molecule has 4 aromatic rings. The van der Waals surface area contributed by atoms with E-state index >= 15 is 0 Å². The maximum Gasteiger partial charge on any atom is 0.148 e. The van der Waals surface area contributed by atoms with Crippen LogP contribution in [-0.2, 0) is 0 Å². The number of halogens is 1. The third kappa shape index (κ3) is 4.12. The first-order valence-electron chi connectivity index (χ1n) is 10.4. The second-order valence-corrected chi connectivity index (χ2v) is 7.77. The van der Waals surface area contributed by atoms with Gasteiger partial charge >= 0.3 is 0 Å². The number of hydrogen-bond acceptors (Lipinski definition) is 6. The number of rotatable bonds is 5. The van der Waals surface area contributed by atoms with Crippen molar-refractivity contribution in [3.8, 4) is 5.69 Å². The van der Waals surface area contributed by atoms with Crippen LogP contribution in [0.5, 0.6) is 0 Å². The summed E-state index contributed by atoms with van der Waals surface area (Å²) in [6.45, 7) is 1.83. The van der Waals surface area contributed by atoms with Gasteiger partial charge in [-0.1, -0.05) is 0 Å². The Bertz CT molecular complexity index is 1190. The number of hydrogen-bond donors (Lipinski definition) is 3. The molecule has 158 valence electrons. The molecule has 0 amide bonds. The van der Waals surface area contributed by atoms with Gasteiger partial charge < -0.3 is 15.7 Å². The Morgan fingerprint density at radius 2 is 2.03 bits per heavy atom. The number of nitrogens with one attached hydrogen (secondary N) is 2. The highest BCUT2D eigenvalue weighted by Crippen LogP contribution is 2.29. The zero-order valence-corrected chi connectivity index (χ0v) is 16.9. The molecule has 8 heteroatoms. The Hall–Kier alpha value is -3.36. The maximum absolute atomic E-state index is 14.6. The molecule has 1 aliphatic heterocycles. The van der Waals surface area contributed by atoms with E-state index in [-0.39, 0.29) is 5.92 Å². The Labute approximate surface area is 179 Å². The number of nitrogens with zero attached hydrogens (tertiary/aromatic N) is 4. The van der Waals surface area contributed by atoms with Crippen LogP contribution in [0.25, 0.3) is 16.6 Å². The van der Waals surface area contributed by atoms with Crippen molar-refractivity contribution in [3.05, 3.63) is 72.6 Å². The molecule has 1 unspecified atom stereocenters. The molecule has 1 aliphatic rings. The highest BCUT2D eigenvalue weighted by molar-refractivity contribution is 5.81. The van der Waals surface area contributed by atoms with Gasteiger partial charge in [-0.2, -0.15) is 5.10 Å². The van der Waals surface area contributed by atoms with Gasteiger partial charge in [-0.3, -0.25) is 0 Å². The number of aliphatic hydroxyl groups is 1.